The molecule has 1 fully saturated rings. The van der Waals surface area contributed by atoms with Gasteiger partial charge in [-0.1, -0.05) is 12.1 Å². The average Bonchev–Trinajstić information content (AvgIpc) is 2.68. The maximum atomic E-state index is 11.0. The minimum atomic E-state index is -0.247. The Balaban J connectivity index is 2.07. The average molecular weight is 206 g/mol. The van der Waals surface area contributed by atoms with Crippen molar-refractivity contribution in [1.82, 2.24) is 5.32 Å². The molecule has 4 N–H and O–H groups in total. The molecule has 1 saturated heterocycles. The Morgan fingerprint density at radius 3 is 2.60 bits per heavy atom. The fourth-order valence-electron chi connectivity index (χ4n) is 1.91. The van der Waals surface area contributed by atoms with E-state index in [2.05, 4.69) is 5.32 Å². The lowest BCUT2D eigenvalue weighted by Gasteiger charge is -2.10. The summed E-state index contributed by atoms with van der Waals surface area (Å²) in [4.78, 5) is 11.0. The van der Waals surface area contributed by atoms with Crippen molar-refractivity contribution < 1.29 is 9.90 Å². The van der Waals surface area contributed by atoms with Gasteiger partial charge in [-0.2, -0.15) is 0 Å². The molecule has 4 nitrogen and oxygen atoms in total. The van der Waals surface area contributed by atoms with Crippen LogP contribution < -0.4 is 11.1 Å². The van der Waals surface area contributed by atoms with Gasteiger partial charge >= 0.3 is 0 Å². The highest BCUT2D eigenvalue weighted by atomic mass is 16.3. The molecule has 2 atom stereocenters. The minimum absolute atomic E-state index is 0.0798. The SMILES string of the molecule is NC(=O)C1CNC(c2ccc(O)cc2)C1. The molecule has 0 aliphatic carbocycles. The maximum absolute atomic E-state index is 11.0. The highest BCUT2D eigenvalue weighted by Gasteiger charge is 2.28. The van der Waals surface area contributed by atoms with Gasteiger partial charge in [0, 0.05) is 12.6 Å². The summed E-state index contributed by atoms with van der Waals surface area (Å²) < 4.78 is 0. The van der Waals surface area contributed by atoms with Crippen molar-refractivity contribution >= 4 is 5.91 Å². The number of nitrogens with two attached hydrogens (primary N) is 1. The number of phenolic OH excluding ortho intramolecular Hbond substituents is 1. The third-order valence-electron chi connectivity index (χ3n) is 2.83. The summed E-state index contributed by atoms with van der Waals surface area (Å²) in [6.07, 6.45) is 0.736. The molecule has 0 radical (unpaired) electrons. The van der Waals surface area contributed by atoms with E-state index >= 15 is 0 Å². The fourth-order valence-corrected chi connectivity index (χ4v) is 1.91. The molecule has 1 heterocycles. The second-order valence-electron chi connectivity index (χ2n) is 3.89. The highest BCUT2D eigenvalue weighted by molar-refractivity contribution is 5.77. The zero-order valence-corrected chi connectivity index (χ0v) is 8.31. The minimum Gasteiger partial charge on any atom is -0.508 e. The number of carbonyl (C=O) groups is 1. The van der Waals surface area contributed by atoms with Gasteiger partial charge in [0.1, 0.15) is 5.75 Å². The van der Waals surface area contributed by atoms with Crippen molar-refractivity contribution in [2.75, 3.05) is 6.54 Å². The number of rotatable bonds is 2. The van der Waals surface area contributed by atoms with Crippen molar-refractivity contribution in [3.05, 3.63) is 29.8 Å². The molecule has 0 bridgehead atoms. The standard InChI is InChI=1S/C11H14N2O2/c12-11(15)8-5-10(13-6-8)7-1-3-9(14)4-2-7/h1-4,8,10,13-14H,5-6H2,(H2,12,15). The molecular weight excluding hydrogens is 192 g/mol. The summed E-state index contributed by atoms with van der Waals surface area (Å²) in [6, 6.07) is 7.18. The van der Waals surface area contributed by atoms with E-state index in [1.54, 1.807) is 12.1 Å². The first-order chi connectivity index (χ1) is 7.16. The smallest absolute Gasteiger partial charge is 0.221 e. The van der Waals surface area contributed by atoms with Crippen LogP contribution in [-0.2, 0) is 4.79 Å². The van der Waals surface area contributed by atoms with Crippen molar-refractivity contribution in [1.29, 1.82) is 0 Å². The molecule has 15 heavy (non-hydrogen) atoms. The van der Waals surface area contributed by atoms with E-state index in [1.165, 1.54) is 0 Å². The predicted molar refractivity (Wildman–Crippen MR) is 56.2 cm³/mol. The van der Waals surface area contributed by atoms with Crippen LogP contribution in [0.4, 0.5) is 0 Å². The molecule has 1 aromatic carbocycles. The lowest BCUT2D eigenvalue weighted by Crippen LogP contribution is -2.24. The van der Waals surface area contributed by atoms with E-state index in [0.717, 1.165) is 12.0 Å². The molecule has 0 aromatic heterocycles. The Kier molecular flexibility index (Phi) is 2.60. The lowest BCUT2D eigenvalue weighted by atomic mass is 10.00. The van der Waals surface area contributed by atoms with Gasteiger partial charge in [-0.3, -0.25) is 4.79 Å². The van der Waals surface area contributed by atoms with E-state index in [-0.39, 0.29) is 23.6 Å². The number of hydrogen-bond donors (Lipinski definition) is 3. The molecule has 0 saturated carbocycles. The molecule has 1 amide bonds. The summed E-state index contributed by atoms with van der Waals surface area (Å²) in [7, 11) is 0. The van der Waals surface area contributed by atoms with Crippen LogP contribution >= 0.6 is 0 Å². The predicted octanol–water partition coefficient (Wildman–Crippen LogP) is 0.528. The third kappa shape index (κ3) is 2.10. The van der Waals surface area contributed by atoms with Gasteiger partial charge in [0.05, 0.1) is 5.92 Å². The quantitative estimate of drug-likeness (QED) is 0.660. The number of hydrogen-bond acceptors (Lipinski definition) is 3. The van der Waals surface area contributed by atoms with Crippen LogP contribution in [-0.4, -0.2) is 17.6 Å². The highest BCUT2D eigenvalue weighted by Crippen LogP contribution is 2.27. The van der Waals surface area contributed by atoms with Crippen LogP contribution in [0.5, 0.6) is 5.75 Å². The van der Waals surface area contributed by atoms with Crippen LogP contribution in [0.25, 0.3) is 0 Å². The molecule has 1 aromatic rings. The third-order valence-corrected chi connectivity index (χ3v) is 2.83. The van der Waals surface area contributed by atoms with Crippen LogP contribution in [0.1, 0.15) is 18.0 Å². The number of aromatic hydroxyl groups is 1. The van der Waals surface area contributed by atoms with Gasteiger partial charge in [-0.25, -0.2) is 0 Å². The Morgan fingerprint density at radius 2 is 2.07 bits per heavy atom. The summed E-state index contributed by atoms with van der Waals surface area (Å²) >= 11 is 0. The first kappa shape index (κ1) is 9.98. The van der Waals surface area contributed by atoms with Crippen LogP contribution in [0.15, 0.2) is 24.3 Å². The molecule has 2 rings (SSSR count). The second kappa shape index (κ2) is 3.90. The van der Waals surface area contributed by atoms with Crippen molar-refractivity contribution in [2.45, 2.75) is 12.5 Å². The lowest BCUT2D eigenvalue weighted by molar-refractivity contribution is -0.121. The summed E-state index contributed by atoms with van der Waals surface area (Å²) in [5.74, 6) is -0.0734. The molecule has 0 spiro atoms. The Bertz CT molecular complexity index is 361. The van der Waals surface area contributed by atoms with Gasteiger partial charge in [0.2, 0.25) is 5.91 Å². The zero-order chi connectivity index (χ0) is 10.8. The van der Waals surface area contributed by atoms with Gasteiger partial charge in [-0.15, -0.1) is 0 Å². The fraction of sp³-hybridized carbons (Fsp3) is 0.364. The number of phenols is 1. The molecule has 2 unspecified atom stereocenters. The summed E-state index contributed by atoms with van der Waals surface area (Å²) in [5, 5.41) is 12.4. The van der Waals surface area contributed by atoms with E-state index in [4.69, 9.17) is 10.8 Å². The largest absolute Gasteiger partial charge is 0.508 e. The summed E-state index contributed by atoms with van der Waals surface area (Å²) in [5.41, 5.74) is 6.32. The molecule has 80 valence electrons. The first-order valence-corrected chi connectivity index (χ1v) is 4.98. The van der Waals surface area contributed by atoms with E-state index in [0.29, 0.717) is 6.54 Å². The van der Waals surface area contributed by atoms with Crippen molar-refractivity contribution in [3.8, 4) is 5.75 Å². The Labute approximate surface area is 88.1 Å². The molecule has 1 aliphatic heterocycles. The van der Waals surface area contributed by atoms with Crippen molar-refractivity contribution in [3.63, 3.8) is 0 Å². The number of carbonyl (C=O) groups excluding carboxylic acids is 1. The first-order valence-electron chi connectivity index (χ1n) is 4.98. The van der Waals surface area contributed by atoms with Gasteiger partial charge in [0.15, 0.2) is 0 Å². The van der Waals surface area contributed by atoms with Crippen molar-refractivity contribution in [2.24, 2.45) is 11.7 Å². The maximum Gasteiger partial charge on any atom is 0.221 e. The van der Waals surface area contributed by atoms with Gasteiger partial charge in [-0.05, 0) is 24.1 Å². The van der Waals surface area contributed by atoms with Crippen LogP contribution in [0.3, 0.4) is 0 Å². The zero-order valence-electron chi connectivity index (χ0n) is 8.31. The molecular formula is C11H14N2O2. The Hall–Kier alpha value is -1.55. The van der Waals surface area contributed by atoms with Crippen LogP contribution in [0, 0.1) is 5.92 Å². The Morgan fingerprint density at radius 1 is 1.40 bits per heavy atom. The molecule has 1 aliphatic rings. The monoisotopic (exact) mass is 206 g/mol. The molecule has 4 heteroatoms. The van der Waals surface area contributed by atoms with Gasteiger partial charge in [0.25, 0.3) is 0 Å². The van der Waals surface area contributed by atoms with E-state index in [9.17, 15) is 4.79 Å². The topological polar surface area (TPSA) is 75.4 Å². The van der Waals surface area contributed by atoms with E-state index in [1.807, 2.05) is 12.1 Å². The van der Waals surface area contributed by atoms with E-state index < -0.39 is 0 Å². The number of amides is 1. The summed E-state index contributed by atoms with van der Waals surface area (Å²) in [6.45, 7) is 0.640. The number of nitrogens with one attached hydrogen (secondary N) is 1. The number of primary amides is 1. The van der Waals surface area contributed by atoms with Crippen LogP contribution in [0.2, 0.25) is 0 Å². The normalized spacial score (nSPS) is 25.3. The second-order valence-corrected chi connectivity index (χ2v) is 3.89. The van der Waals surface area contributed by atoms with Gasteiger partial charge < -0.3 is 16.2 Å². The number of benzene rings is 1.